The Hall–Kier alpha value is -3.67. The van der Waals surface area contributed by atoms with Crippen molar-refractivity contribution in [2.75, 3.05) is 6.61 Å². The van der Waals surface area contributed by atoms with E-state index in [0.29, 0.717) is 12.4 Å². The van der Waals surface area contributed by atoms with Gasteiger partial charge in [0.25, 0.3) is 0 Å². The zero-order valence-electron chi connectivity index (χ0n) is 20.5. The average molecular weight is 474 g/mol. The molecular formula is C29H32FN3O2. The highest BCUT2D eigenvalue weighted by Crippen LogP contribution is 2.24. The maximum absolute atomic E-state index is 13.3. The summed E-state index contributed by atoms with van der Waals surface area (Å²) in [6, 6.07) is 22.3. The number of benzene rings is 3. The zero-order valence-corrected chi connectivity index (χ0v) is 20.5. The van der Waals surface area contributed by atoms with E-state index < -0.39 is 5.41 Å². The van der Waals surface area contributed by atoms with Crippen molar-refractivity contribution in [3.8, 4) is 11.4 Å². The molecule has 4 rings (SSSR count). The van der Waals surface area contributed by atoms with Gasteiger partial charge in [-0.3, -0.25) is 4.79 Å². The molecule has 182 valence electrons. The van der Waals surface area contributed by atoms with E-state index >= 15 is 0 Å². The van der Waals surface area contributed by atoms with Gasteiger partial charge in [0, 0.05) is 10.8 Å². The third-order valence-electron chi connectivity index (χ3n) is 5.94. The van der Waals surface area contributed by atoms with Crippen LogP contribution in [0.15, 0.2) is 79.0 Å². The number of ether oxygens (including phenoxy) is 1. The van der Waals surface area contributed by atoms with Gasteiger partial charge in [0.05, 0.1) is 23.4 Å². The summed E-state index contributed by atoms with van der Waals surface area (Å²) >= 11 is 0. The zero-order chi connectivity index (χ0) is 24.8. The van der Waals surface area contributed by atoms with Gasteiger partial charge in [0.15, 0.2) is 0 Å². The van der Waals surface area contributed by atoms with Gasteiger partial charge in [0.2, 0.25) is 5.91 Å². The van der Waals surface area contributed by atoms with Gasteiger partial charge in [0.1, 0.15) is 18.2 Å². The van der Waals surface area contributed by atoms with Gasteiger partial charge in [-0.25, -0.2) is 9.07 Å². The molecule has 0 aliphatic heterocycles. The van der Waals surface area contributed by atoms with Crippen LogP contribution in [0.3, 0.4) is 0 Å². The molecule has 3 aromatic carbocycles. The number of carbonyl (C=O) groups is 1. The molecule has 0 saturated carbocycles. The normalized spacial score (nSPS) is 12.5. The van der Waals surface area contributed by atoms with E-state index in [2.05, 4.69) is 22.5 Å². The Labute approximate surface area is 205 Å². The van der Waals surface area contributed by atoms with Gasteiger partial charge < -0.3 is 10.1 Å². The molecule has 0 spiro atoms. The van der Waals surface area contributed by atoms with Crippen LogP contribution in [0.5, 0.6) is 5.75 Å². The predicted octanol–water partition coefficient (Wildman–Crippen LogP) is 6.10. The Bertz CT molecular complexity index is 1260. The second-order valence-electron chi connectivity index (χ2n) is 9.86. The van der Waals surface area contributed by atoms with E-state index in [9.17, 15) is 9.18 Å². The third-order valence-corrected chi connectivity index (χ3v) is 5.94. The molecule has 1 atom stereocenters. The van der Waals surface area contributed by atoms with Crippen molar-refractivity contribution in [1.82, 2.24) is 15.1 Å². The van der Waals surface area contributed by atoms with Crippen molar-refractivity contribution >= 4 is 16.8 Å². The fourth-order valence-corrected chi connectivity index (χ4v) is 3.88. The van der Waals surface area contributed by atoms with E-state index in [0.717, 1.165) is 35.9 Å². The Morgan fingerprint density at radius 2 is 1.80 bits per heavy atom. The smallest absolute Gasteiger partial charge is 0.225 e. The number of rotatable bonds is 9. The Morgan fingerprint density at radius 3 is 2.51 bits per heavy atom. The van der Waals surface area contributed by atoms with Crippen LogP contribution in [0.4, 0.5) is 4.39 Å². The SMILES string of the molecule is CC(C)(C)C(=O)NC(CCCc1ccccc1)COc1ccc2c(cnn2-c2ccc(F)cc2)c1. The van der Waals surface area contributed by atoms with Crippen LogP contribution in [0, 0.1) is 11.2 Å². The van der Waals surface area contributed by atoms with Crippen LogP contribution in [0.2, 0.25) is 0 Å². The van der Waals surface area contributed by atoms with Crippen LogP contribution in [-0.4, -0.2) is 28.3 Å². The van der Waals surface area contributed by atoms with E-state index in [1.165, 1.54) is 17.7 Å². The van der Waals surface area contributed by atoms with Crippen molar-refractivity contribution in [1.29, 1.82) is 0 Å². The van der Waals surface area contributed by atoms with Crippen molar-refractivity contribution < 1.29 is 13.9 Å². The molecule has 0 saturated heterocycles. The fourth-order valence-electron chi connectivity index (χ4n) is 3.88. The second-order valence-corrected chi connectivity index (χ2v) is 9.86. The summed E-state index contributed by atoms with van der Waals surface area (Å²) in [6.07, 6.45) is 4.49. The van der Waals surface area contributed by atoms with Crippen molar-refractivity contribution in [3.05, 3.63) is 90.4 Å². The minimum Gasteiger partial charge on any atom is -0.491 e. The number of amides is 1. The number of halogens is 1. The molecule has 1 amide bonds. The summed E-state index contributed by atoms with van der Waals surface area (Å²) < 4.78 is 21.2. The first-order chi connectivity index (χ1) is 16.8. The number of aryl methyl sites for hydroxylation is 1. The minimum atomic E-state index is -0.467. The van der Waals surface area contributed by atoms with Crippen molar-refractivity contribution in [2.45, 2.75) is 46.1 Å². The molecular weight excluding hydrogens is 441 g/mol. The van der Waals surface area contributed by atoms with E-state index in [4.69, 9.17) is 4.74 Å². The molecule has 1 N–H and O–H groups in total. The number of carbonyl (C=O) groups excluding carboxylic acids is 1. The number of nitrogens with one attached hydrogen (secondary N) is 1. The quantitative estimate of drug-likeness (QED) is 0.320. The molecule has 5 nitrogen and oxygen atoms in total. The van der Waals surface area contributed by atoms with Gasteiger partial charge in [-0.05, 0) is 67.3 Å². The molecule has 1 unspecified atom stereocenters. The van der Waals surface area contributed by atoms with Crippen LogP contribution in [-0.2, 0) is 11.2 Å². The number of nitrogens with zero attached hydrogens (tertiary/aromatic N) is 2. The maximum atomic E-state index is 13.3. The second kappa shape index (κ2) is 10.7. The molecule has 0 radical (unpaired) electrons. The molecule has 0 aliphatic rings. The van der Waals surface area contributed by atoms with Gasteiger partial charge in [-0.2, -0.15) is 5.10 Å². The van der Waals surface area contributed by atoms with Crippen LogP contribution < -0.4 is 10.1 Å². The van der Waals surface area contributed by atoms with Gasteiger partial charge in [-0.1, -0.05) is 51.1 Å². The largest absolute Gasteiger partial charge is 0.491 e. The lowest BCUT2D eigenvalue weighted by Gasteiger charge is -2.24. The summed E-state index contributed by atoms with van der Waals surface area (Å²) in [5, 5.41) is 8.54. The summed E-state index contributed by atoms with van der Waals surface area (Å²) in [7, 11) is 0. The maximum Gasteiger partial charge on any atom is 0.225 e. The molecule has 1 aromatic heterocycles. The van der Waals surface area contributed by atoms with E-state index in [1.54, 1.807) is 23.0 Å². The van der Waals surface area contributed by atoms with E-state index in [-0.39, 0.29) is 17.8 Å². The fraction of sp³-hybridized carbons (Fsp3) is 0.310. The molecule has 0 bridgehead atoms. The van der Waals surface area contributed by atoms with Gasteiger partial charge >= 0.3 is 0 Å². The summed E-state index contributed by atoms with van der Waals surface area (Å²) in [4.78, 5) is 12.7. The summed E-state index contributed by atoms with van der Waals surface area (Å²) in [5.74, 6) is 0.453. The first kappa shape index (κ1) is 24.5. The Balaban J connectivity index is 1.43. The minimum absolute atomic E-state index is 0.0156. The molecule has 1 heterocycles. The lowest BCUT2D eigenvalue weighted by Crippen LogP contribution is -2.44. The molecule has 0 aliphatic carbocycles. The first-order valence-corrected chi connectivity index (χ1v) is 12.0. The predicted molar refractivity (Wildman–Crippen MR) is 137 cm³/mol. The van der Waals surface area contributed by atoms with Crippen LogP contribution in [0.1, 0.15) is 39.2 Å². The first-order valence-electron chi connectivity index (χ1n) is 12.0. The van der Waals surface area contributed by atoms with Crippen LogP contribution >= 0.6 is 0 Å². The molecule has 0 fully saturated rings. The summed E-state index contributed by atoms with van der Waals surface area (Å²) in [6.45, 7) is 6.12. The average Bonchev–Trinajstić information content (AvgIpc) is 3.26. The lowest BCUT2D eigenvalue weighted by molar-refractivity contribution is -0.129. The molecule has 6 heteroatoms. The summed E-state index contributed by atoms with van der Waals surface area (Å²) in [5.41, 5.74) is 2.52. The van der Waals surface area contributed by atoms with Crippen LogP contribution in [0.25, 0.3) is 16.6 Å². The lowest BCUT2D eigenvalue weighted by atomic mass is 9.94. The Kier molecular flexibility index (Phi) is 7.49. The highest BCUT2D eigenvalue weighted by Gasteiger charge is 2.24. The number of aromatic nitrogens is 2. The molecule has 4 aromatic rings. The number of fused-ring (bicyclic) bond motifs is 1. The van der Waals surface area contributed by atoms with E-state index in [1.807, 2.05) is 57.2 Å². The van der Waals surface area contributed by atoms with Crippen molar-refractivity contribution in [3.63, 3.8) is 0 Å². The molecule has 35 heavy (non-hydrogen) atoms. The highest BCUT2D eigenvalue weighted by atomic mass is 19.1. The third kappa shape index (κ3) is 6.47. The monoisotopic (exact) mass is 473 g/mol. The Morgan fingerprint density at radius 1 is 1.06 bits per heavy atom. The van der Waals surface area contributed by atoms with Crippen molar-refractivity contribution in [2.24, 2.45) is 5.41 Å². The topological polar surface area (TPSA) is 56.1 Å². The number of hydrogen-bond donors (Lipinski definition) is 1. The highest BCUT2D eigenvalue weighted by molar-refractivity contribution is 5.82. The van der Waals surface area contributed by atoms with Gasteiger partial charge in [-0.15, -0.1) is 0 Å². The number of hydrogen-bond acceptors (Lipinski definition) is 3. The standard InChI is InChI=1S/C29H32FN3O2/c1-29(2,3)28(34)32-24(11-7-10-21-8-5-4-6-9-21)20-35-26-16-17-27-22(18-26)19-31-33(27)25-14-12-23(30)13-15-25/h4-6,8-9,12-19,24H,7,10-11,20H2,1-3H3,(H,32,34).